The highest BCUT2D eigenvalue weighted by Crippen LogP contribution is 2.23. The first-order valence-corrected chi connectivity index (χ1v) is 8.70. The van der Waals surface area contributed by atoms with Crippen molar-refractivity contribution < 1.29 is 9.66 Å². The molecule has 0 fully saturated rings. The monoisotopic (exact) mass is 370 g/mol. The van der Waals surface area contributed by atoms with Crippen molar-refractivity contribution >= 4 is 17.3 Å². The van der Waals surface area contributed by atoms with E-state index in [1.54, 1.807) is 18.2 Å². The van der Waals surface area contributed by atoms with Crippen LogP contribution in [0.1, 0.15) is 22.3 Å². The van der Waals surface area contributed by atoms with Crippen molar-refractivity contribution in [3.05, 3.63) is 105 Å². The van der Waals surface area contributed by atoms with E-state index < -0.39 is 4.92 Å². The number of nitriles is 1. The first-order chi connectivity index (χ1) is 13.5. The molecule has 3 aromatic rings. The summed E-state index contributed by atoms with van der Waals surface area (Å²) in [5.41, 5.74) is 4.12. The van der Waals surface area contributed by atoms with Gasteiger partial charge in [-0.2, -0.15) is 5.26 Å². The molecular formula is C23H18N2O3. The van der Waals surface area contributed by atoms with Crippen LogP contribution >= 0.6 is 0 Å². The van der Waals surface area contributed by atoms with E-state index in [9.17, 15) is 15.4 Å². The van der Waals surface area contributed by atoms with E-state index in [1.807, 2.05) is 49.4 Å². The molecule has 3 rings (SSSR count). The van der Waals surface area contributed by atoms with Crippen LogP contribution in [0.3, 0.4) is 0 Å². The number of benzene rings is 3. The van der Waals surface area contributed by atoms with Gasteiger partial charge in [0.15, 0.2) is 0 Å². The molecule has 0 aromatic heterocycles. The Morgan fingerprint density at radius 3 is 2.54 bits per heavy atom. The van der Waals surface area contributed by atoms with Crippen LogP contribution in [0.4, 0.5) is 5.69 Å². The molecule has 138 valence electrons. The van der Waals surface area contributed by atoms with Gasteiger partial charge in [0.2, 0.25) is 0 Å². The predicted octanol–water partition coefficient (Wildman–Crippen LogP) is 5.55. The van der Waals surface area contributed by atoms with E-state index in [0.29, 0.717) is 23.5 Å². The van der Waals surface area contributed by atoms with Crippen LogP contribution in [0.15, 0.2) is 72.8 Å². The maximum absolute atomic E-state index is 10.8. The molecule has 0 unspecified atom stereocenters. The minimum absolute atomic E-state index is 0.00686. The number of nitro groups is 1. The van der Waals surface area contributed by atoms with Gasteiger partial charge in [-0.25, -0.2) is 0 Å². The van der Waals surface area contributed by atoms with Gasteiger partial charge >= 0.3 is 0 Å². The second-order valence-electron chi connectivity index (χ2n) is 6.32. The number of rotatable bonds is 6. The molecule has 0 spiro atoms. The number of nitro benzene ring substituents is 1. The van der Waals surface area contributed by atoms with E-state index in [-0.39, 0.29) is 5.69 Å². The fraction of sp³-hybridized carbons (Fsp3) is 0.0870. The van der Waals surface area contributed by atoms with E-state index >= 15 is 0 Å². The van der Waals surface area contributed by atoms with Gasteiger partial charge in [-0.3, -0.25) is 10.1 Å². The quantitative estimate of drug-likeness (QED) is 0.247. The van der Waals surface area contributed by atoms with Crippen LogP contribution in [0.5, 0.6) is 5.75 Å². The zero-order valence-electron chi connectivity index (χ0n) is 15.3. The third kappa shape index (κ3) is 4.83. The number of allylic oxidation sites excluding steroid dienone is 1. The summed E-state index contributed by atoms with van der Waals surface area (Å²) < 4.78 is 5.86. The van der Waals surface area contributed by atoms with Crippen molar-refractivity contribution in [3.8, 4) is 11.8 Å². The molecule has 0 aliphatic heterocycles. The maximum atomic E-state index is 10.8. The van der Waals surface area contributed by atoms with Crippen LogP contribution < -0.4 is 4.74 Å². The fourth-order valence-electron chi connectivity index (χ4n) is 2.77. The maximum Gasteiger partial charge on any atom is 0.269 e. The van der Waals surface area contributed by atoms with Gasteiger partial charge in [-0.15, -0.1) is 0 Å². The Hall–Kier alpha value is -3.91. The molecule has 3 aromatic carbocycles. The van der Waals surface area contributed by atoms with Gasteiger partial charge in [0, 0.05) is 12.1 Å². The number of aryl methyl sites for hydroxylation is 1. The molecule has 5 nitrogen and oxygen atoms in total. The number of nitrogens with zero attached hydrogens (tertiary/aromatic N) is 2. The Kier molecular flexibility index (Phi) is 5.83. The van der Waals surface area contributed by atoms with Crippen LogP contribution in [-0.4, -0.2) is 4.92 Å². The zero-order chi connectivity index (χ0) is 19.9. The summed E-state index contributed by atoms with van der Waals surface area (Å²) in [7, 11) is 0. The predicted molar refractivity (Wildman–Crippen MR) is 109 cm³/mol. The van der Waals surface area contributed by atoms with Gasteiger partial charge < -0.3 is 4.74 Å². The lowest BCUT2D eigenvalue weighted by Gasteiger charge is -2.08. The lowest BCUT2D eigenvalue weighted by Crippen LogP contribution is -1.95. The van der Waals surface area contributed by atoms with Crippen LogP contribution in [0.25, 0.3) is 11.6 Å². The molecule has 0 atom stereocenters. The summed E-state index contributed by atoms with van der Waals surface area (Å²) >= 11 is 0. The summed E-state index contributed by atoms with van der Waals surface area (Å²) in [6.07, 6.45) is 1.74. The molecule has 0 amide bonds. The van der Waals surface area contributed by atoms with E-state index in [0.717, 1.165) is 11.1 Å². The molecule has 0 aliphatic carbocycles. The summed E-state index contributed by atoms with van der Waals surface area (Å²) in [6.45, 7) is 2.50. The highest BCUT2D eigenvalue weighted by atomic mass is 16.6. The van der Waals surface area contributed by atoms with Crippen molar-refractivity contribution in [3.63, 3.8) is 0 Å². The normalized spacial score (nSPS) is 10.9. The van der Waals surface area contributed by atoms with Crippen molar-refractivity contribution in [2.24, 2.45) is 0 Å². The Labute approximate surface area is 163 Å². The second-order valence-corrected chi connectivity index (χ2v) is 6.32. The zero-order valence-corrected chi connectivity index (χ0v) is 15.3. The summed E-state index contributed by atoms with van der Waals surface area (Å²) in [4.78, 5) is 10.3. The smallest absolute Gasteiger partial charge is 0.269 e. The number of hydrogen-bond donors (Lipinski definition) is 0. The molecule has 28 heavy (non-hydrogen) atoms. The Morgan fingerprint density at radius 2 is 1.86 bits per heavy atom. The van der Waals surface area contributed by atoms with Crippen molar-refractivity contribution in [2.45, 2.75) is 13.5 Å². The third-order valence-electron chi connectivity index (χ3n) is 4.17. The molecule has 0 heterocycles. The van der Waals surface area contributed by atoms with Crippen molar-refractivity contribution in [1.29, 1.82) is 5.26 Å². The average Bonchev–Trinajstić information content (AvgIpc) is 2.71. The van der Waals surface area contributed by atoms with Crippen LogP contribution in [-0.2, 0) is 6.61 Å². The number of non-ortho nitro benzene ring substituents is 1. The summed E-state index contributed by atoms with van der Waals surface area (Å²) in [5, 5.41) is 20.3. The topological polar surface area (TPSA) is 76.2 Å². The highest BCUT2D eigenvalue weighted by Gasteiger charge is 2.07. The molecule has 0 saturated heterocycles. The summed E-state index contributed by atoms with van der Waals surface area (Å²) in [6, 6.07) is 23.7. The van der Waals surface area contributed by atoms with Crippen molar-refractivity contribution in [2.75, 3.05) is 0 Å². The van der Waals surface area contributed by atoms with Gasteiger partial charge in [0.1, 0.15) is 12.4 Å². The molecule has 0 radical (unpaired) electrons. The van der Waals surface area contributed by atoms with Crippen LogP contribution in [0, 0.1) is 28.4 Å². The number of ether oxygens (including phenoxy) is 1. The molecule has 0 aliphatic rings. The van der Waals surface area contributed by atoms with E-state index in [4.69, 9.17) is 4.74 Å². The van der Waals surface area contributed by atoms with E-state index in [2.05, 4.69) is 12.1 Å². The Morgan fingerprint density at radius 1 is 1.11 bits per heavy atom. The molecule has 5 heteroatoms. The fourth-order valence-corrected chi connectivity index (χ4v) is 2.77. The van der Waals surface area contributed by atoms with Crippen LogP contribution in [0.2, 0.25) is 0 Å². The minimum atomic E-state index is -0.464. The van der Waals surface area contributed by atoms with Gasteiger partial charge in [0.25, 0.3) is 5.69 Å². The molecule has 0 N–H and O–H groups in total. The standard InChI is InChI=1S/C23H18N2O3/c1-17-4-2-6-19(12-17)16-28-23-7-3-5-18(14-23)13-21(15-24)20-8-10-22(11-9-20)25(26)27/h2-14H,16H2,1H3/b21-13+. The van der Waals surface area contributed by atoms with Gasteiger partial charge in [-0.05, 0) is 54.0 Å². The largest absolute Gasteiger partial charge is 0.489 e. The number of hydrogen-bond acceptors (Lipinski definition) is 4. The first-order valence-electron chi connectivity index (χ1n) is 8.70. The lowest BCUT2D eigenvalue weighted by molar-refractivity contribution is -0.384. The Balaban J connectivity index is 1.78. The Bertz CT molecular complexity index is 1060. The van der Waals surface area contributed by atoms with Crippen molar-refractivity contribution in [1.82, 2.24) is 0 Å². The third-order valence-corrected chi connectivity index (χ3v) is 4.17. The lowest BCUT2D eigenvalue weighted by atomic mass is 10.0. The first kappa shape index (κ1) is 18.9. The highest BCUT2D eigenvalue weighted by molar-refractivity contribution is 5.89. The minimum Gasteiger partial charge on any atom is -0.489 e. The van der Waals surface area contributed by atoms with Gasteiger partial charge in [0.05, 0.1) is 16.6 Å². The second kappa shape index (κ2) is 8.65. The molecule has 0 bridgehead atoms. The van der Waals surface area contributed by atoms with Gasteiger partial charge in [-0.1, -0.05) is 42.0 Å². The average molecular weight is 370 g/mol. The van der Waals surface area contributed by atoms with E-state index in [1.165, 1.54) is 17.7 Å². The SMILES string of the molecule is Cc1cccc(COc2cccc(/C=C(\C#N)c3ccc([N+](=O)[O-])cc3)c2)c1. The molecule has 0 saturated carbocycles. The molecular weight excluding hydrogens is 352 g/mol. The summed E-state index contributed by atoms with van der Waals surface area (Å²) in [5.74, 6) is 0.705.